The van der Waals surface area contributed by atoms with Crippen molar-refractivity contribution in [1.29, 1.82) is 5.26 Å². The zero-order valence-corrected chi connectivity index (χ0v) is 9.14. The van der Waals surface area contributed by atoms with Gasteiger partial charge in [0.15, 0.2) is 11.4 Å². The van der Waals surface area contributed by atoms with E-state index in [0.717, 1.165) is 0 Å². The fourth-order valence-electron chi connectivity index (χ4n) is 1.40. The van der Waals surface area contributed by atoms with Crippen LogP contribution in [0.4, 0.5) is 4.39 Å². The maximum Gasteiger partial charge on any atom is 0.183 e. The molecule has 1 aromatic heterocycles. The topological polar surface area (TPSA) is 45.9 Å². The summed E-state index contributed by atoms with van der Waals surface area (Å²) in [4.78, 5) is 3.88. The summed E-state index contributed by atoms with van der Waals surface area (Å²) in [6, 6.07) is 9.47. The lowest BCUT2D eigenvalue weighted by molar-refractivity contribution is 0.472. The molecule has 0 aliphatic rings. The van der Waals surface area contributed by atoms with Gasteiger partial charge in [-0.05, 0) is 42.8 Å². The summed E-state index contributed by atoms with van der Waals surface area (Å²) >= 11 is 0. The van der Waals surface area contributed by atoms with Gasteiger partial charge < -0.3 is 4.74 Å². The van der Waals surface area contributed by atoms with E-state index in [0.29, 0.717) is 17.1 Å². The smallest absolute Gasteiger partial charge is 0.183 e. The predicted octanol–water partition coefficient (Wildman–Crippen LogP) is 3.19. The summed E-state index contributed by atoms with van der Waals surface area (Å²) < 4.78 is 18.4. The first-order chi connectivity index (χ1) is 8.20. The highest BCUT2D eigenvalue weighted by molar-refractivity contribution is 5.42. The maximum absolute atomic E-state index is 12.9. The van der Waals surface area contributed by atoms with Gasteiger partial charge in [-0.1, -0.05) is 0 Å². The molecule has 0 aliphatic carbocycles. The molecule has 0 atom stereocenters. The fraction of sp³-hybridized carbons (Fsp3) is 0.0769. The van der Waals surface area contributed by atoms with Crippen LogP contribution in [0.2, 0.25) is 0 Å². The van der Waals surface area contributed by atoms with Gasteiger partial charge in [-0.3, -0.25) is 0 Å². The average molecular weight is 228 g/mol. The Morgan fingerprint density at radius 1 is 1.29 bits per heavy atom. The summed E-state index contributed by atoms with van der Waals surface area (Å²) in [6.07, 6.45) is 1.52. The van der Waals surface area contributed by atoms with E-state index in [1.54, 1.807) is 19.1 Å². The molecule has 1 aromatic carbocycles. The van der Waals surface area contributed by atoms with E-state index in [2.05, 4.69) is 4.98 Å². The molecule has 0 bridgehead atoms. The molecule has 2 rings (SSSR count). The third-order valence-corrected chi connectivity index (χ3v) is 2.23. The molecule has 0 saturated heterocycles. The maximum atomic E-state index is 12.9. The molecular weight excluding hydrogens is 219 g/mol. The van der Waals surface area contributed by atoms with E-state index in [4.69, 9.17) is 10.00 Å². The van der Waals surface area contributed by atoms with E-state index in [1.165, 1.54) is 24.4 Å². The number of ether oxygens (including phenoxy) is 1. The number of aryl methyl sites for hydroxylation is 1. The van der Waals surface area contributed by atoms with E-state index < -0.39 is 0 Å². The molecule has 1 heterocycles. The average Bonchev–Trinajstić information content (AvgIpc) is 2.33. The van der Waals surface area contributed by atoms with Crippen molar-refractivity contribution in [2.75, 3.05) is 0 Å². The quantitative estimate of drug-likeness (QED) is 0.792. The van der Waals surface area contributed by atoms with Gasteiger partial charge in [0.05, 0.1) is 0 Å². The van der Waals surface area contributed by atoms with Crippen LogP contribution in [0.25, 0.3) is 0 Å². The van der Waals surface area contributed by atoms with Gasteiger partial charge in [-0.25, -0.2) is 9.37 Å². The van der Waals surface area contributed by atoms with Gasteiger partial charge >= 0.3 is 0 Å². The highest BCUT2D eigenvalue weighted by atomic mass is 19.1. The molecule has 17 heavy (non-hydrogen) atoms. The Hall–Kier alpha value is -2.41. The van der Waals surface area contributed by atoms with Crippen molar-refractivity contribution >= 4 is 0 Å². The van der Waals surface area contributed by atoms with Gasteiger partial charge in [0.2, 0.25) is 0 Å². The van der Waals surface area contributed by atoms with Gasteiger partial charge in [0.25, 0.3) is 0 Å². The Bertz CT molecular complexity index is 590. The molecule has 3 nitrogen and oxygen atoms in total. The van der Waals surface area contributed by atoms with Crippen molar-refractivity contribution < 1.29 is 9.13 Å². The summed E-state index contributed by atoms with van der Waals surface area (Å²) in [7, 11) is 0. The van der Waals surface area contributed by atoms with Crippen molar-refractivity contribution in [1.82, 2.24) is 4.98 Å². The van der Waals surface area contributed by atoms with Crippen LogP contribution in [0.3, 0.4) is 0 Å². The van der Waals surface area contributed by atoms with E-state index >= 15 is 0 Å². The zero-order chi connectivity index (χ0) is 12.3. The van der Waals surface area contributed by atoms with Crippen molar-refractivity contribution in [3.05, 3.63) is 53.6 Å². The lowest BCUT2D eigenvalue weighted by Crippen LogP contribution is -1.92. The van der Waals surface area contributed by atoms with Crippen LogP contribution in [-0.4, -0.2) is 4.98 Å². The predicted molar refractivity (Wildman–Crippen MR) is 60.2 cm³/mol. The first kappa shape index (κ1) is 11.1. The molecular formula is C13H9FN2O. The Balaban J connectivity index is 2.35. The molecule has 0 fully saturated rings. The van der Waals surface area contributed by atoms with Crippen LogP contribution < -0.4 is 4.74 Å². The number of nitrogens with zero attached hydrogens (tertiary/aromatic N) is 2. The van der Waals surface area contributed by atoms with Crippen molar-refractivity contribution in [3.8, 4) is 17.6 Å². The van der Waals surface area contributed by atoms with Crippen molar-refractivity contribution in [2.45, 2.75) is 6.92 Å². The molecule has 84 valence electrons. The standard InChI is InChI=1S/C13H9FN2O/c1-9-7-10(14)4-5-12(9)17-13-3-2-6-16-11(13)8-15/h2-7H,1H3. The molecule has 0 N–H and O–H groups in total. The Kier molecular flexibility index (Phi) is 3.01. The number of hydrogen-bond donors (Lipinski definition) is 0. The number of halogens is 1. The van der Waals surface area contributed by atoms with Gasteiger partial charge in [-0.2, -0.15) is 5.26 Å². The largest absolute Gasteiger partial charge is 0.454 e. The molecule has 0 unspecified atom stereocenters. The highest BCUT2D eigenvalue weighted by Crippen LogP contribution is 2.26. The van der Waals surface area contributed by atoms with E-state index in [-0.39, 0.29) is 11.5 Å². The number of hydrogen-bond acceptors (Lipinski definition) is 3. The van der Waals surface area contributed by atoms with Crippen molar-refractivity contribution in [2.24, 2.45) is 0 Å². The molecule has 2 aromatic rings. The summed E-state index contributed by atoms with van der Waals surface area (Å²) in [6.45, 7) is 1.74. The number of aromatic nitrogens is 1. The number of benzene rings is 1. The summed E-state index contributed by atoms with van der Waals surface area (Å²) in [5, 5.41) is 8.86. The van der Waals surface area contributed by atoms with Crippen LogP contribution in [0.1, 0.15) is 11.3 Å². The Morgan fingerprint density at radius 3 is 2.82 bits per heavy atom. The molecule has 0 saturated carbocycles. The van der Waals surface area contributed by atoms with Crippen LogP contribution >= 0.6 is 0 Å². The van der Waals surface area contributed by atoms with E-state index in [9.17, 15) is 4.39 Å². The van der Waals surface area contributed by atoms with Gasteiger partial charge in [0.1, 0.15) is 17.6 Å². The van der Waals surface area contributed by atoms with Crippen LogP contribution in [0, 0.1) is 24.1 Å². The molecule has 0 aliphatic heterocycles. The number of rotatable bonds is 2. The third-order valence-electron chi connectivity index (χ3n) is 2.23. The number of pyridine rings is 1. The van der Waals surface area contributed by atoms with Gasteiger partial charge in [-0.15, -0.1) is 0 Å². The molecule has 0 radical (unpaired) electrons. The van der Waals surface area contributed by atoms with Crippen LogP contribution in [-0.2, 0) is 0 Å². The fourth-order valence-corrected chi connectivity index (χ4v) is 1.40. The second kappa shape index (κ2) is 4.62. The summed E-state index contributed by atoms with van der Waals surface area (Å²) in [5.41, 5.74) is 0.869. The van der Waals surface area contributed by atoms with Crippen molar-refractivity contribution in [3.63, 3.8) is 0 Å². The minimum atomic E-state index is -0.318. The summed E-state index contributed by atoms with van der Waals surface area (Å²) in [5.74, 6) is 0.558. The lowest BCUT2D eigenvalue weighted by atomic mass is 10.2. The minimum Gasteiger partial charge on any atom is -0.454 e. The van der Waals surface area contributed by atoms with Crippen LogP contribution in [0.15, 0.2) is 36.5 Å². The minimum absolute atomic E-state index is 0.205. The lowest BCUT2D eigenvalue weighted by Gasteiger charge is -2.08. The second-order valence-electron chi connectivity index (χ2n) is 3.47. The second-order valence-corrected chi connectivity index (χ2v) is 3.47. The Morgan fingerprint density at radius 2 is 2.12 bits per heavy atom. The Labute approximate surface area is 98.1 Å². The SMILES string of the molecule is Cc1cc(F)ccc1Oc1cccnc1C#N. The molecule has 0 spiro atoms. The number of nitriles is 1. The third kappa shape index (κ3) is 2.40. The zero-order valence-electron chi connectivity index (χ0n) is 9.14. The van der Waals surface area contributed by atoms with E-state index in [1.807, 2.05) is 6.07 Å². The van der Waals surface area contributed by atoms with Crippen LogP contribution in [0.5, 0.6) is 11.5 Å². The monoisotopic (exact) mass is 228 g/mol. The van der Waals surface area contributed by atoms with Gasteiger partial charge in [0, 0.05) is 6.20 Å². The normalized spacial score (nSPS) is 9.71. The molecule has 0 amide bonds. The first-order valence-corrected chi connectivity index (χ1v) is 5.00. The first-order valence-electron chi connectivity index (χ1n) is 5.00. The highest BCUT2D eigenvalue weighted by Gasteiger charge is 2.07. The molecule has 4 heteroatoms.